The Balaban J connectivity index is 1.82. The highest BCUT2D eigenvalue weighted by atomic mass is 19.1. The van der Waals surface area contributed by atoms with Crippen molar-refractivity contribution in [3.05, 3.63) is 29.6 Å². The van der Waals surface area contributed by atoms with E-state index in [2.05, 4.69) is 10.3 Å². The average molecular weight is 308 g/mol. The van der Waals surface area contributed by atoms with E-state index in [9.17, 15) is 14.0 Å². The van der Waals surface area contributed by atoms with Crippen molar-refractivity contribution in [2.75, 3.05) is 19.6 Å². The molecule has 1 saturated heterocycles. The molecule has 0 aliphatic carbocycles. The molecule has 2 rings (SSSR count). The quantitative estimate of drug-likeness (QED) is 0.771. The second-order valence-electron chi connectivity index (χ2n) is 5.67. The van der Waals surface area contributed by atoms with Crippen molar-refractivity contribution in [1.82, 2.24) is 15.2 Å². The van der Waals surface area contributed by atoms with Gasteiger partial charge in [0, 0.05) is 31.0 Å². The number of carbonyl (C=O) groups is 2. The molecule has 3 N–H and O–H groups in total. The third kappa shape index (κ3) is 4.77. The number of nitrogens with one attached hydrogen (secondary N) is 1. The number of hydrogen-bond acceptors (Lipinski definition) is 4. The zero-order chi connectivity index (χ0) is 16.1. The maximum absolute atomic E-state index is 13.5. The molecular weight excluding hydrogens is 287 g/mol. The van der Waals surface area contributed by atoms with Gasteiger partial charge in [-0.2, -0.15) is 0 Å². The first-order valence-corrected chi connectivity index (χ1v) is 7.28. The molecule has 6 nitrogen and oxygen atoms in total. The molecule has 2 atom stereocenters. The molecule has 0 unspecified atom stereocenters. The third-order valence-electron chi connectivity index (χ3n) is 3.71. The lowest BCUT2D eigenvalue weighted by molar-refractivity contribution is -0.120. The van der Waals surface area contributed by atoms with Crippen LogP contribution < -0.4 is 11.1 Å². The van der Waals surface area contributed by atoms with Gasteiger partial charge in [-0.1, -0.05) is 6.07 Å². The molecule has 2 amide bonds. The largest absolute Gasteiger partial charge is 0.369 e. The summed E-state index contributed by atoms with van der Waals surface area (Å²) in [4.78, 5) is 28.7. The van der Waals surface area contributed by atoms with Crippen LogP contribution in [-0.2, 0) is 16.0 Å². The number of likely N-dealkylation sites (tertiary alicyclic amines) is 1. The van der Waals surface area contributed by atoms with Gasteiger partial charge in [0.25, 0.3) is 0 Å². The summed E-state index contributed by atoms with van der Waals surface area (Å²) in [5.41, 5.74) is 6.87. The summed E-state index contributed by atoms with van der Waals surface area (Å²) in [6, 6.07) is 3.51. The molecule has 0 saturated carbocycles. The Kier molecular flexibility index (Phi) is 5.43. The van der Waals surface area contributed by atoms with E-state index in [4.69, 9.17) is 5.73 Å². The lowest BCUT2D eigenvalue weighted by Gasteiger charge is -2.22. The van der Waals surface area contributed by atoms with Gasteiger partial charge in [-0.3, -0.25) is 19.5 Å². The molecular formula is C15H21FN4O2. The average Bonchev–Trinajstić information content (AvgIpc) is 2.78. The van der Waals surface area contributed by atoms with Crippen molar-refractivity contribution >= 4 is 11.8 Å². The second kappa shape index (κ2) is 7.31. The standard InChI is InChI=1S/C15H21FN4O2/c1-10-2-3-11(6-18-10)4-15(22)19-7-13-5-12(16)8-20(13)9-14(17)21/h2-3,6,12-13H,4-5,7-9H2,1H3,(H2,17,21)(H,19,22)/t12-,13-/m0/s1. The molecule has 1 fully saturated rings. The summed E-state index contributed by atoms with van der Waals surface area (Å²) < 4.78 is 13.5. The van der Waals surface area contributed by atoms with E-state index in [1.54, 1.807) is 11.1 Å². The van der Waals surface area contributed by atoms with Crippen LogP contribution in [0.2, 0.25) is 0 Å². The maximum Gasteiger partial charge on any atom is 0.231 e. The molecule has 0 spiro atoms. The van der Waals surface area contributed by atoms with Gasteiger partial charge < -0.3 is 11.1 Å². The molecule has 1 aromatic heterocycles. The van der Waals surface area contributed by atoms with E-state index in [1.165, 1.54) is 0 Å². The fourth-order valence-corrected chi connectivity index (χ4v) is 2.61. The molecule has 0 aromatic carbocycles. The van der Waals surface area contributed by atoms with Gasteiger partial charge in [-0.25, -0.2) is 4.39 Å². The predicted octanol–water partition coefficient (Wildman–Crippen LogP) is -0.0536. The number of hydrogen-bond donors (Lipinski definition) is 2. The SMILES string of the molecule is Cc1ccc(CC(=O)NC[C@@H]2C[C@H](F)CN2CC(N)=O)cn1. The van der Waals surface area contributed by atoms with Gasteiger partial charge in [-0.15, -0.1) is 0 Å². The summed E-state index contributed by atoms with van der Waals surface area (Å²) in [5, 5.41) is 2.78. The Labute approximate surface area is 128 Å². The minimum absolute atomic E-state index is 0.0167. The number of primary amides is 1. The number of pyridine rings is 1. The number of alkyl halides is 1. The Hall–Kier alpha value is -2.02. The minimum Gasteiger partial charge on any atom is -0.369 e. The van der Waals surface area contributed by atoms with E-state index in [-0.39, 0.29) is 31.5 Å². The van der Waals surface area contributed by atoms with Crippen LogP contribution in [0.5, 0.6) is 0 Å². The van der Waals surface area contributed by atoms with Crippen molar-refractivity contribution in [3.63, 3.8) is 0 Å². The normalized spacial score (nSPS) is 21.7. The Morgan fingerprint density at radius 3 is 2.91 bits per heavy atom. The van der Waals surface area contributed by atoms with Crippen LogP contribution in [0.4, 0.5) is 4.39 Å². The zero-order valence-electron chi connectivity index (χ0n) is 12.6. The van der Waals surface area contributed by atoms with E-state index in [0.29, 0.717) is 13.0 Å². The van der Waals surface area contributed by atoms with Gasteiger partial charge >= 0.3 is 0 Å². The van der Waals surface area contributed by atoms with Crippen LogP contribution in [0, 0.1) is 6.92 Å². The predicted molar refractivity (Wildman–Crippen MR) is 79.8 cm³/mol. The number of aryl methyl sites for hydroxylation is 1. The van der Waals surface area contributed by atoms with E-state index >= 15 is 0 Å². The molecule has 0 radical (unpaired) electrons. The highest BCUT2D eigenvalue weighted by Gasteiger charge is 2.32. The number of carbonyl (C=O) groups excluding carboxylic acids is 2. The monoisotopic (exact) mass is 308 g/mol. The second-order valence-corrected chi connectivity index (χ2v) is 5.67. The van der Waals surface area contributed by atoms with Gasteiger partial charge in [0.1, 0.15) is 6.17 Å². The molecule has 1 aliphatic rings. The van der Waals surface area contributed by atoms with E-state index < -0.39 is 12.1 Å². The summed E-state index contributed by atoms with van der Waals surface area (Å²) in [6.07, 6.45) is 1.22. The first-order valence-electron chi connectivity index (χ1n) is 7.28. The summed E-state index contributed by atoms with van der Waals surface area (Å²) in [6.45, 7) is 2.39. The van der Waals surface area contributed by atoms with Crippen LogP contribution >= 0.6 is 0 Å². The summed E-state index contributed by atoms with van der Waals surface area (Å²) in [7, 11) is 0. The number of aromatic nitrogens is 1. The van der Waals surface area contributed by atoms with Crippen molar-refractivity contribution in [3.8, 4) is 0 Å². The van der Waals surface area contributed by atoms with Crippen LogP contribution in [0.3, 0.4) is 0 Å². The molecule has 7 heteroatoms. The van der Waals surface area contributed by atoms with Crippen molar-refractivity contribution in [1.29, 1.82) is 0 Å². The maximum atomic E-state index is 13.5. The highest BCUT2D eigenvalue weighted by molar-refractivity contribution is 5.78. The number of rotatable bonds is 6. The van der Waals surface area contributed by atoms with Crippen molar-refractivity contribution < 1.29 is 14.0 Å². The number of nitrogens with zero attached hydrogens (tertiary/aromatic N) is 2. The van der Waals surface area contributed by atoms with Gasteiger partial charge in [0.15, 0.2) is 0 Å². The molecule has 2 heterocycles. The molecule has 1 aliphatic heterocycles. The molecule has 120 valence electrons. The minimum atomic E-state index is -0.984. The number of nitrogens with two attached hydrogens (primary N) is 1. The van der Waals surface area contributed by atoms with Crippen LogP contribution in [0.25, 0.3) is 0 Å². The Morgan fingerprint density at radius 1 is 1.50 bits per heavy atom. The van der Waals surface area contributed by atoms with Gasteiger partial charge in [0.05, 0.1) is 13.0 Å². The topological polar surface area (TPSA) is 88.3 Å². The molecule has 0 bridgehead atoms. The summed E-state index contributed by atoms with van der Waals surface area (Å²) >= 11 is 0. The van der Waals surface area contributed by atoms with E-state index in [0.717, 1.165) is 11.3 Å². The van der Waals surface area contributed by atoms with Crippen LogP contribution in [0.1, 0.15) is 17.7 Å². The Bertz CT molecular complexity index is 535. The lowest BCUT2D eigenvalue weighted by atomic mass is 10.1. The van der Waals surface area contributed by atoms with Crippen molar-refractivity contribution in [2.45, 2.75) is 32.0 Å². The fourth-order valence-electron chi connectivity index (χ4n) is 2.61. The zero-order valence-corrected chi connectivity index (χ0v) is 12.6. The van der Waals surface area contributed by atoms with Gasteiger partial charge in [-0.05, 0) is 25.0 Å². The highest BCUT2D eigenvalue weighted by Crippen LogP contribution is 2.19. The van der Waals surface area contributed by atoms with Crippen LogP contribution in [-0.4, -0.2) is 53.5 Å². The smallest absolute Gasteiger partial charge is 0.231 e. The molecule has 22 heavy (non-hydrogen) atoms. The molecule has 1 aromatic rings. The van der Waals surface area contributed by atoms with Crippen molar-refractivity contribution in [2.24, 2.45) is 5.73 Å². The third-order valence-corrected chi connectivity index (χ3v) is 3.71. The van der Waals surface area contributed by atoms with Crippen LogP contribution in [0.15, 0.2) is 18.3 Å². The summed E-state index contributed by atoms with van der Waals surface area (Å²) in [5.74, 6) is -0.636. The number of amides is 2. The first kappa shape index (κ1) is 16.4. The number of halogens is 1. The lowest BCUT2D eigenvalue weighted by Crippen LogP contribution is -2.43. The Morgan fingerprint density at radius 2 is 2.27 bits per heavy atom. The van der Waals surface area contributed by atoms with Gasteiger partial charge in [0.2, 0.25) is 11.8 Å². The van der Waals surface area contributed by atoms with E-state index in [1.807, 2.05) is 19.1 Å². The first-order chi connectivity index (χ1) is 10.4. The fraction of sp³-hybridized carbons (Fsp3) is 0.533.